The number of hydrogen-bond donors (Lipinski definition) is 1. The van der Waals surface area contributed by atoms with Crippen LogP contribution in [0.3, 0.4) is 0 Å². The van der Waals surface area contributed by atoms with E-state index in [1.54, 1.807) is 39.0 Å². The van der Waals surface area contributed by atoms with Crippen LogP contribution in [0.25, 0.3) is 11.0 Å². The van der Waals surface area contributed by atoms with Gasteiger partial charge in [0.2, 0.25) is 0 Å². The Hall–Kier alpha value is -2.63. The minimum atomic E-state index is -1.35. The number of aromatic carboxylic acids is 1. The summed E-state index contributed by atoms with van der Waals surface area (Å²) in [6, 6.07) is 6.07. The smallest absolute Gasteiger partial charge is 0.351 e. The second kappa shape index (κ2) is 5.63. The summed E-state index contributed by atoms with van der Waals surface area (Å²) < 4.78 is 10.1. The first kappa shape index (κ1) is 15.8. The van der Waals surface area contributed by atoms with Crippen molar-refractivity contribution >= 4 is 22.9 Å². The van der Waals surface area contributed by atoms with Gasteiger partial charge in [-0.25, -0.2) is 9.59 Å². The molecule has 1 N–H and O–H groups in total. The second-order valence-electron chi connectivity index (χ2n) is 5.95. The van der Waals surface area contributed by atoms with Crippen molar-refractivity contribution in [3.05, 3.63) is 45.8 Å². The summed E-state index contributed by atoms with van der Waals surface area (Å²) in [5, 5.41) is 9.39. The molecule has 1 aromatic carbocycles. The Morgan fingerprint density at radius 3 is 2.50 bits per heavy atom. The van der Waals surface area contributed by atoms with Gasteiger partial charge in [0.25, 0.3) is 0 Å². The zero-order valence-corrected chi connectivity index (χ0v) is 12.5. The highest BCUT2D eigenvalue weighted by atomic mass is 16.5. The van der Waals surface area contributed by atoms with Crippen molar-refractivity contribution in [2.24, 2.45) is 5.41 Å². The number of rotatable bonds is 3. The molecule has 6 nitrogen and oxygen atoms in total. The third-order valence-electron chi connectivity index (χ3n) is 3.01. The fourth-order valence-corrected chi connectivity index (χ4v) is 1.78. The summed E-state index contributed by atoms with van der Waals surface area (Å²) in [6.07, 6.45) is 0. The number of hydrogen-bond acceptors (Lipinski definition) is 5. The maximum absolute atomic E-state index is 11.7. The maximum atomic E-state index is 11.7. The minimum absolute atomic E-state index is 0.0631. The predicted molar refractivity (Wildman–Crippen MR) is 78.7 cm³/mol. The van der Waals surface area contributed by atoms with E-state index in [0.29, 0.717) is 10.9 Å². The monoisotopic (exact) mass is 304 g/mol. The molecular formula is C16H16O6. The molecule has 0 aliphatic rings. The summed E-state index contributed by atoms with van der Waals surface area (Å²) >= 11 is 0. The first-order chi connectivity index (χ1) is 10.2. The molecule has 0 fully saturated rings. The topological polar surface area (TPSA) is 93.8 Å². The Kier molecular flexibility index (Phi) is 4.03. The van der Waals surface area contributed by atoms with Crippen molar-refractivity contribution in [3.8, 4) is 0 Å². The fourth-order valence-electron chi connectivity index (χ4n) is 1.78. The van der Waals surface area contributed by atoms with Crippen LogP contribution >= 0.6 is 0 Å². The van der Waals surface area contributed by atoms with Gasteiger partial charge in [-0.3, -0.25) is 4.79 Å². The third-order valence-corrected chi connectivity index (χ3v) is 3.01. The molecular weight excluding hydrogens is 288 g/mol. The van der Waals surface area contributed by atoms with E-state index in [4.69, 9.17) is 14.3 Å². The van der Waals surface area contributed by atoms with Crippen LogP contribution < -0.4 is 5.63 Å². The predicted octanol–water partition coefficient (Wildman–Crippen LogP) is 2.58. The highest BCUT2D eigenvalue weighted by molar-refractivity contribution is 5.91. The van der Waals surface area contributed by atoms with Crippen LogP contribution in [-0.4, -0.2) is 17.0 Å². The molecule has 2 rings (SSSR count). The molecule has 0 aliphatic heterocycles. The molecule has 6 heteroatoms. The van der Waals surface area contributed by atoms with E-state index in [0.717, 1.165) is 0 Å². The summed E-state index contributed by atoms with van der Waals surface area (Å²) in [4.78, 5) is 34.1. The Morgan fingerprint density at radius 1 is 1.23 bits per heavy atom. The Morgan fingerprint density at radius 2 is 1.91 bits per heavy atom. The average Bonchev–Trinajstić information content (AvgIpc) is 2.42. The molecule has 2 aromatic rings. The lowest BCUT2D eigenvalue weighted by molar-refractivity contribution is -0.154. The van der Waals surface area contributed by atoms with Gasteiger partial charge in [0.05, 0.1) is 5.41 Å². The molecule has 0 bridgehead atoms. The van der Waals surface area contributed by atoms with Crippen LogP contribution in [0.15, 0.2) is 33.5 Å². The van der Waals surface area contributed by atoms with Gasteiger partial charge in [0.1, 0.15) is 17.8 Å². The normalized spacial score (nSPS) is 11.4. The summed E-state index contributed by atoms with van der Waals surface area (Å²) in [5.74, 6) is -1.68. The number of ether oxygens (including phenoxy) is 1. The maximum Gasteiger partial charge on any atom is 0.351 e. The second-order valence-corrected chi connectivity index (χ2v) is 5.95. The van der Waals surface area contributed by atoms with E-state index in [1.165, 1.54) is 6.07 Å². The van der Waals surface area contributed by atoms with Crippen molar-refractivity contribution in [1.29, 1.82) is 0 Å². The number of carboxylic acid groups (broad SMARTS) is 1. The lowest BCUT2D eigenvalue weighted by Gasteiger charge is -2.16. The van der Waals surface area contributed by atoms with E-state index in [-0.39, 0.29) is 18.2 Å². The molecule has 0 atom stereocenters. The molecule has 0 saturated carbocycles. The van der Waals surface area contributed by atoms with Crippen molar-refractivity contribution in [2.75, 3.05) is 0 Å². The largest absolute Gasteiger partial charge is 0.477 e. The molecule has 0 radical (unpaired) electrons. The van der Waals surface area contributed by atoms with Crippen LogP contribution in [0.2, 0.25) is 0 Å². The van der Waals surface area contributed by atoms with Gasteiger partial charge in [-0.1, -0.05) is 6.07 Å². The van der Waals surface area contributed by atoms with Crippen molar-refractivity contribution in [3.63, 3.8) is 0 Å². The SMILES string of the molecule is CC(C)(C)C(=O)OCc1ccc2oc(=O)c(C(=O)O)cc2c1. The molecule has 22 heavy (non-hydrogen) atoms. The van der Waals surface area contributed by atoms with Crippen molar-refractivity contribution in [2.45, 2.75) is 27.4 Å². The molecule has 1 aromatic heterocycles. The Labute approximate surface area is 126 Å². The number of carboxylic acids is 1. The van der Waals surface area contributed by atoms with Crippen LogP contribution in [0.1, 0.15) is 36.7 Å². The zero-order chi connectivity index (χ0) is 16.5. The van der Waals surface area contributed by atoms with E-state index < -0.39 is 22.6 Å². The fraction of sp³-hybridized carbons (Fsp3) is 0.312. The van der Waals surface area contributed by atoms with Crippen LogP contribution in [0.4, 0.5) is 0 Å². The number of benzene rings is 1. The lowest BCUT2D eigenvalue weighted by atomic mass is 9.97. The first-order valence-electron chi connectivity index (χ1n) is 6.66. The van der Waals surface area contributed by atoms with Gasteiger partial charge >= 0.3 is 17.6 Å². The van der Waals surface area contributed by atoms with Gasteiger partial charge in [0.15, 0.2) is 0 Å². The van der Waals surface area contributed by atoms with Gasteiger partial charge in [-0.15, -0.1) is 0 Å². The molecule has 0 saturated heterocycles. The van der Waals surface area contributed by atoms with E-state index in [9.17, 15) is 14.4 Å². The van der Waals surface area contributed by atoms with Crippen molar-refractivity contribution in [1.82, 2.24) is 0 Å². The third kappa shape index (κ3) is 3.33. The summed E-state index contributed by atoms with van der Waals surface area (Å²) in [6.45, 7) is 5.32. The van der Waals surface area contributed by atoms with Gasteiger partial charge < -0.3 is 14.3 Å². The summed E-state index contributed by atoms with van der Waals surface area (Å²) in [7, 11) is 0. The van der Waals surface area contributed by atoms with Gasteiger partial charge in [-0.2, -0.15) is 0 Å². The van der Waals surface area contributed by atoms with Gasteiger partial charge in [0, 0.05) is 5.39 Å². The molecule has 0 amide bonds. The molecule has 116 valence electrons. The number of fused-ring (bicyclic) bond motifs is 1. The zero-order valence-electron chi connectivity index (χ0n) is 12.5. The van der Waals surface area contributed by atoms with E-state index in [1.807, 2.05) is 0 Å². The number of carbonyl (C=O) groups is 2. The van der Waals surface area contributed by atoms with E-state index >= 15 is 0 Å². The first-order valence-corrected chi connectivity index (χ1v) is 6.66. The summed E-state index contributed by atoms with van der Waals surface area (Å²) in [5.41, 5.74) is -0.973. The highest BCUT2D eigenvalue weighted by Crippen LogP contribution is 2.19. The molecule has 0 aliphatic carbocycles. The van der Waals surface area contributed by atoms with Gasteiger partial charge in [-0.05, 0) is 44.5 Å². The average molecular weight is 304 g/mol. The Bertz CT molecular complexity index is 794. The standard InChI is InChI=1S/C16H16O6/c1-16(2,3)15(20)21-8-9-4-5-12-10(6-9)7-11(13(17)18)14(19)22-12/h4-7H,8H2,1-3H3,(H,17,18). The van der Waals surface area contributed by atoms with Crippen LogP contribution in [0, 0.1) is 5.41 Å². The number of esters is 1. The quantitative estimate of drug-likeness (QED) is 0.692. The molecule has 0 spiro atoms. The highest BCUT2D eigenvalue weighted by Gasteiger charge is 2.23. The lowest BCUT2D eigenvalue weighted by Crippen LogP contribution is -2.22. The van der Waals surface area contributed by atoms with Crippen LogP contribution in [0.5, 0.6) is 0 Å². The minimum Gasteiger partial charge on any atom is -0.477 e. The van der Waals surface area contributed by atoms with Crippen molar-refractivity contribution < 1.29 is 23.8 Å². The van der Waals surface area contributed by atoms with E-state index in [2.05, 4.69) is 0 Å². The molecule has 1 heterocycles. The number of carbonyl (C=O) groups excluding carboxylic acids is 1. The Balaban J connectivity index is 2.30. The van der Waals surface area contributed by atoms with Crippen LogP contribution in [-0.2, 0) is 16.1 Å². The molecule has 0 unspecified atom stereocenters.